The Morgan fingerprint density at radius 3 is 2.89 bits per heavy atom. The second-order valence-corrected chi connectivity index (χ2v) is 6.20. The summed E-state index contributed by atoms with van der Waals surface area (Å²) in [6, 6.07) is 10.7. The summed E-state index contributed by atoms with van der Waals surface area (Å²) in [5.74, 6) is 0.505. The van der Waals surface area contributed by atoms with Crippen molar-refractivity contribution < 1.29 is 9.53 Å². The van der Waals surface area contributed by atoms with Crippen LogP contribution in [-0.2, 0) is 13.0 Å². The van der Waals surface area contributed by atoms with Crippen molar-refractivity contribution in [3.8, 4) is 11.6 Å². The van der Waals surface area contributed by atoms with E-state index in [0.29, 0.717) is 29.6 Å². The SMILES string of the molecule is CCc1c(NC(=O)NCc2ccnc(OC)c2)cnn1-c1cccc(Cl)c1. The molecule has 7 nitrogen and oxygen atoms in total. The zero-order valence-electron chi connectivity index (χ0n) is 15.1. The van der Waals surface area contributed by atoms with E-state index < -0.39 is 0 Å². The largest absolute Gasteiger partial charge is 0.481 e. The minimum absolute atomic E-state index is 0.314. The zero-order chi connectivity index (χ0) is 19.2. The Hall–Kier alpha value is -3.06. The number of nitrogens with zero attached hydrogens (tertiary/aromatic N) is 3. The first-order valence-corrected chi connectivity index (χ1v) is 8.85. The fourth-order valence-corrected chi connectivity index (χ4v) is 2.85. The Bertz CT molecular complexity index is 941. The van der Waals surface area contributed by atoms with Crippen molar-refractivity contribution in [2.75, 3.05) is 12.4 Å². The Balaban J connectivity index is 1.69. The van der Waals surface area contributed by atoms with Gasteiger partial charge in [0, 0.05) is 23.8 Å². The molecule has 0 atom stereocenters. The molecule has 0 radical (unpaired) electrons. The molecule has 2 N–H and O–H groups in total. The van der Waals surface area contributed by atoms with Crippen LogP contribution in [0.2, 0.25) is 5.02 Å². The highest BCUT2D eigenvalue weighted by molar-refractivity contribution is 6.30. The molecule has 2 aromatic heterocycles. The van der Waals surface area contributed by atoms with Gasteiger partial charge in [-0.25, -0.2) is 14.5 Å². The summed E-state index contributed by atoms with van der Waals surface area (Å²) in [7, 11) is 1.55. The molecule has 8 heteroatoms. The van der Waals surface area contributed by atoms with Crippen LogP contribution in [0.5, 0.6) is 5.88 Å². The Morgan fingerprint density at radius 2 is 2.15 bits per heavy atom. The van der Waals surface area contributed by atoms with E-state index in [1.165, 1.54) is 0 Å². The van der Waals surface area contributed by atoms with Crippen molar-refractivity contribution >= 4 is 23.3 Å². The number of anilines is 1. The van der Waals surface area contributed by atoms with Crippen LogP contribution < -0.4 is 15.4 Å². The van der Waals surface area contributed by atoms with Gasteiger partial charge in [0.05, 0.1) is 30.4 Å². The first-order chi connectivity index (χ1) is 13.1. The number of benzene rings is 1. The highest BCUT2D eigenvalue weighted by Gasteiger charge is 2.13. The fourth-order valence-electron chi connectivity index (χ4n) is 2.67. The molecule has 0 fully saturated rings. The Kier molecular flexibility index (Phi) is 5.93. The van der Waals surface area contributed by atoms with Gasteiger partial charge in [0.2, 0.25) is 5.88 Å². The molecule has 0 unspecified atom stereocenters. The number of ether oxygens (including phenoxy) is 1. The molecule has 0 aliphatic heterocycles. The molecule has 0 saturated carbocycles. The lowest BCUT2D eigenvalue weighted by Crippen LogP contribution is -2.28. The Labute approximate surface area is 162 Å². The van der Waals surface area contributed by atoms with Gasteiger partial charge < -0.3 is 15.4 Å². The van der Waals surface area contributed by atoms with Gasteiger partial charge in [0.15, 0.2) is 0 Å². The van der Waals surface area contributed by atoms with Crippen molar-refractivity contribution in [3.63, 3.8) is 0 Å². The number of hydrogen-bond acceptors (Lipinski definition) is 4. The van der Waals surface area contributed by atoms with Gasteiger partial charge in [-0.2, -0.15) is 5.10 Å². The van der Waals surface area contributed by atoms with Gasteiger partial charge in [-0.15, -0.1) is 0 Å². The molecule has 2 heterocycles. The lowest BCUT2D eigenvalue weighted by atomic mass is 10.2. The standard InChI is InChI=1S/C19H20ClN5O2/c1-3-17-16(12-23-25(17)15-6-4-5-14(20)10-15)24-19(26)22-11-13-7-8-21-18(9-13)27-2/h4-10,12H,3,11H2,1-2H3,(H2,22,24,26). The van der Waals surface area contributed by atoms with Crippen LogP contribution in [0.3, 0.4) is 0 Å². The van der Waals surface area contributed by atoms with Gasteiger partial charge in [0.1, 0.15) is 0 Å². The van der Waals surface area contributed by atoms with Gasteiger partial charge in [-0.3, -0.25) is 0 Å². The smallest absolute Gasteiger partial charge is 0.319 e. The van der Waals surface area contributed by atoms with Crippen molar-refractivity contribution in [1.82, 2.24) is 20.1 Å². The van der Waals surface area contributed by atoms with E-state index in [1.54, 1.807) is 36.3 Å². The number of nitrogens with one attached hydrogen (secondary N) is 2. The molecule has 3 aromatic rings. The maximum Gasteiger partial charge on any atom is 0.319 e. The number of halogens is 1. The fraction of sp³-hybridized carbons (Fsp3) is 0.211. The van der Waals surface area contributed by atoms with E-state index in [4.69, 9.17) is 16.3 Å². The van der Waals surface area contributed by atoms with E-state index in [1.807, 2.05) is 31.2 Å². The van der Waals surface area contributed by atoms with Crippen LogP contribution in [0.15, 0.2) is 48.8 Å². The second-order valence-electron chi connectivity index (χ2n) is 5.76. The number of hydrogen-bond donors (Lipinski definition) is 2. The third-order valence-electron chi connectivity index (χ3n) is 3.97. The van der Waals surface area contributed by atoms with Gasteiger partial charge in [-0.1, -0.05) is 24.6 Å². The van der Waals surface area contributed by atoms with Gasteiger partial charge in [0.25, 0.3) is 0 Å². The number of aromatic nitrogens is 3. The lowest BCUT2D eigenvalue weighted by Gasteiger charge is -2.10. The van der Waals surface area contributed by atoms with Crippen molar-refractivity contribution in [3.05, 3.63) is 65.1 Å². The van der Waals surface area contributed by atoms with Crippen LogP contribution in [0.25, 0.3) is 5.69 Å². The molecule has 0 aliphatic rings. The summed E-state index contributed by atoms with van der Waals surface area (Å²) in [6.07, 6.45) is 3.97. The molecule has 0 aliphatic carbocycles. The predicted octanol–water partition coefficient (Wildman–Crippen LogP) is 3.81. The molecule has 0 bridgehead atoms. The van der Waals surface area contributed by atoms with Crippen molar-refractivity contribution in [1.29, 1.82) is 0 Å². The van der Waals surface area contributed by atoms with Crippen molar-refractivity contribution in [2.45, 2.75) is 19.9 Å². The number of carbonyl (C=O) groups is 1. The van der Waals surface area contributed by atoms with Crippen LogP contribution in [-0.4, -0.2) is 27.9 Å². The van der Waals surface area contributed by atoms with E-state index in [0.717, 1.165) is 16.9 Å². The number of carbonyl (C=O) groups excluding carboxylic acids is 1. The molecule has 27 heavy (non-hydrogen) atoms. The maximum atomic E-state index is 12.3. The van der Waals surface area contributed by atoms with E-state index in [-0.39, 0.29) is 6.03 Å². The summed E-state index contributed by atoms with van der Waals surface area (Å²) >= 11 is 6.07. The first kappa shape index (κ1) is 18.7. The van der Waals surface area contributed by atoms with E-state index >= 15 is 0 Å². The first-order valence-electron chi connectivity index (χ1n) is 8.47. The van der Waals surface area contributed by atoms with E-state index in [2.05, 4.69) is 20.7 Å². The number of methoxy groups -OCH3 is 1. The molecule has 2 amide bonds. The molecule has 1 aromatic carbocycles. The third kappa shape index (κ3) is 4.57. The molecule has 0 saturated heterocycles. The summed E-state index contributed by atoms with van der Waals surface area (Å²) in [5.41, 5.74) is 3.28. The number of rotatable bonds is 6. The predicted molar refractivity (Wildman–Crippen MR) is 105 cm³/mol. The average Bonchev–Trinajstić information content (AvgIpc) is 3.09. The van der Waals surface area contributed by atoms with Gasteiger partial charge in [-0.05, 0) is 36.2 Å². The normalized spacial score (nSPS) is 10.5. The summed E-state index contributed by atoms with van der Waals surface area (Å²) in [4.78, 5) is 16.3. The molecular formula is C19H20ClN5O2. The Morgan fingerprint density at radius 1 is 1.30 bits per heavy atom. The van der Waals surface area contributed by atoms with Crippen molar-refractivity contribution in [2.24, 2.45) is 0 Å². The number of urea groups is 1. The average molecular weight is 386 g/mol. The highest BCUT2D eigenvalue weighted by atomic mass is 35.5. The lowest BCUT2D eigenvalue weighted by molar-refractivity contribution is 0.251. The summed E-state index contributed by atoms with van der Waals surface area (Å²) in [5, 5.41) is 10.7. The maximum absolute atomic E-state index is 12.3. The zero-order valence-corrected chi connectivity index (χ0v) is 15.8. The number of amides is 2. The van der Waals surface area contributed by atoms with Crippen LogP contribution >= 0.6 is 11.6 Å². The topological polar surface area (TPSA) is 81.1 Å². The highest BCUT2D eigenvalue weighted by Crippen LogP contribution is 2.22. The molecule has 140 valence electrons. The van der Waals surface area contributed by atoms with Crippen LogP contribution in [0.1, 0.15) is 18.2 Å². The summed E-state index contributed by atoms with van der Waals surface area (Å²) < 4.78 is 6.85. The summed E-state index contributed by atoms with van der Waals surface area (Å²) in [6.45, 7) is 2.36. The minimum atomic E-state index is -0.314. The molecule has 0 spiro atoms. The van der Waals surface area contributed by atoms with Crippen LogP contribution in [0, 0.1) is 0 Å². The van der Waals surface area contributed by atoms with Gasteiger partial charge >= 0.3 is 6.03 Å². The second kappa shape index (κ2) is 8.55. The quantitative estimate of drug-likeness (QED) is 0.676. The van der Waals surface area contributed by atoms with Crippen LogP contribution in [0.4, 0.5) is 10.5 Å². The van der Waals surface area contributed by atoms with E-state index in [9.17, 15) is 4.79 Å². The number of pyridine rings is 1. The molecular weight excluding hydrogens is 366 g/mol. The third-order valence-corrected chi connectivity index (χ3v) is 4.20. The monoisotopic (exact) mass is 385 g/mol. The minimum Gasteiger partial charge on any atom is -0.481 e. The molecule has 3 rings (SSSR count).